The SMILES string of the molecule is CC1CCN(c2cccc(CNC(C)C)n2)C(C)C1. The largest absolute Gasteiger partial charge is 0.354 e. The fourth-order valence-corrected chi connectivity index (χ4v) is 2.78. The van der Waals surface area contributed by atoms with E-state index in [1.165, 1.54) is 12.8 Å². The van der Waals surface area contributed by atoms with Gasteiger partial charge in [-0.3, -0.25) is 0 Å². The lowest BCUT2D eigenvalue weighted by Gasteiger charge is -2.37. The van der Waals surface area contributed by atoms with Crippen molar-refractivity contribution in [2.45, 2.75) is 59.2 Å². The van der Waals surface area contributed by atoms with Crippen molar-refractivity contribution in [1.82, 2.24) is 10.3 Å². The highest BCUT2D eigenvalue weighted by Crippen LogP contribution is 2.26. The lowest BCUT2D eigenvalue weighted by molar-refractivity contribution is 0.376. The molecular weight excluding hydrogens is 234 g/mol. The van der Waals surface area contributed by atoms with Gasteiger partial charge >= 0.3 is 0 Å². The van der Waals surface area contributed by atoms with E-state index in [2.05, 4.69) is 56.1 Å². The molecule has 3 heteroatoms. The zero-order valence-corrected chi connectivity index (χ0v) is 12.7. The van der Waals surface area contributed by atoms with Gasteiger partial charge in [-0.1, -0.05) is 26.8 Å². The van der Waals surface area contributed by atoms with E-state index in [1.54, 1.807) is 0 Å². The van der Waals surface area contributed by atoms with Crippen molar-refractivity contribution in [3.05, 3.63) is 23.9 Å². The predicted octanol–water partition coefficient (Wildman–Crippen LogP) is 3.20. The predicted molar refractivity (Wildman–Crippen MR) is 81.4 cm³/mol. The van der Waals surface area contributed by atoms with Crippen LogP contribution in [-0.2, 0) is 6.54 Å². The molecule has 0 amide bonds. The highest BCUT2D eigenvalue weighted by Gasteiger charge is 2.23. The summed E-state index contributed by atoms with van der Waals surface area (Å²) in [6, 6.07) is 7.48. The van der Waals surface area contributed by atoms with E-state index in [0.29, 0.717) is 12.1 Å². The van der Waals surface area contributed by atoms with E-state index in [0.717, 1.165) is 30.5 Å². The molecular formula is C16H27N3. The second-order valence-electron chi connectivity index (χ2n) is 6.19. The molecule has 0 bridgehead atoms. The summed E-state index contributed by atoms with van der Waals surface area (Å²) in [6.07, 6.45) is 2.55. The molecule has 1 aromatic rings. The van der Waals surface area contributed by atoms with Crippen LogP contribution in [0.25, 0.3) is 0 Å². The van der Waals surface area contributed by atoms with E-state index in [1.807, 2.05) is 0 Å². The molecule has 19 heavy (non-hydrogen) atoms. The molecule has 0 aliphatic carbocycles. The van der Waals surface area contributed by atoms with Gasteiger partial charge < -0.3 is 10.2 Å². The molecule has 2 atom stereocenters. The molecule has 1 aromatic heterocycles. The van der Waals surface area contributed by atoms with E-state index in [9.17, 15) is 0 Å². The first-order chi connectivity index (χ1) is 9.06. The summed E-state index contributed by atoms with van der Waals surface area (Å²) in [5.41, 5.74) is 1.14. The Hall–Kier alpha value is -1.09. The summed E-state index contributed by atoms with van der Waals surface area (Å²) in [7, 11) is 0. The first-order valence-corrected chi connectivity index (χ1v) is 7.52. The zero-order chi connectivity index (χ0) is 13.8. The quantitative estimate of drug-likeness (QED) is 0.902. The Kier molecular flexibility index (Phi) is 4.81. The van der Waals surface area contributed by atoms with Crippen LogP contribution in [0.2, 0.25) is 0 Å². The number of pyridine rings is 1. The highest BCUT2D eigenvalue weighted by atomic mass is 15.2. The smallest absolute Gasteiger partial charge is 0.129 e. The fourth-order valence-electron chi connectivity index (χ4n) is 2.78. The van der Waals surface area contributed by atoms with E-state index in [4.69, 9.17) is 4.98 Å². The van der Waals surface area contributed by atoms with Gasteiger partial charge in [0.25, 0.3) is 0 Å². The van der Waals surface area contributed by atoms with Gasteiger partial charge in [0.15, 0.2) is 0 Å². The van der Waals surface area contributed by atoms with E-state index in [-0.39, 0.29) is 0 Å². The normalized spacial score (nSPS) is 23.9. The maximum atomic E-state index is 4.81. The van der Waals surface area contributed by atoms with Crippen molar-refractivity contribution >= 4 is 5.82 Å². The van der Waals surface area contributed by atoms with Crippen LogP contribution in [0.5, 0.6) is 0 Å². The van der Waals surface area contributed by atoms with Crippen molar-refractivity contribution in [2.75, 3.05) is 11.4 Å². The topological polar surface area (TPSA) is 28.2 Å². The number of rotatable bonds is 4. The van der Waals surface area contributed by atoms with Crippen molar-refractivity contribution in [3.63, 3.8) is 0 Å². The summed E-state index contributed by atoms with van der Waals surface area (Å²) < 4.78 is 0. The Morgan fingerprint density at radius 2 is 2.16 bits per heavy atom. The summed E-state index contributed by atoms with van der Waals surface area (Å²) in [6.45, 7) is 11.0. The third kappa shape index (κ3) is 3.93. The molecule has 0 saturated carbocycles. The van der Waals surface area contributed by atoms with Crippen LogP contribution < -0.4 is 10.2 Å². The molecule has 0 aromatic carbocycles. The average Bonchev–Trinajstić information content (AvgIpc) is 2.36. The fraction of sp³-hybridized carbons (Fsp3) is 0.688. The van der Waals surface area contributed by atoms with Crippen molar-refractivity contribution < 1.29 is 0 Å². The second kappa shape index (κ2) is 6.38. The van der Waals surface area contributed by atoms with Crippen LogP contribution in [0, 0.1) is 5.92 Å². The zero-order valence-electron chi connectivity index (χ0n) is 12.7. The molecule has 2 heterocycles. The van der Waals surface area contributed by atoms with E-state index < -0.39 is 0 Å². The van der Waals surface area contributed by atoms with Crippen molar-refractivity contribution in [3.8, 4) is 0 Å². The molecule has 0 spiro atoms. The maximum Gasteiger partial charge on any atom is 0.129 e. The molecule has 1 fully saturated rings. The number of piperidine rings is 1. The number of nitrogens with zero attached hydrogens (tertiary/aromatic N) is 2. The summed E-state index contributed by atoms with van der Waals surface area (Å²) in [4.78, 5) is 7.26. The van der Waals surface area contributed by atoms with Gasteiger partial charge in [-0.25, -0.2) is 4.98 Å². The first-order valence-electron chi connectivity index (χ1n) is 7.52. The van der Waals surface area contributed by atoms with Crippen LogP contribution in [0.1, 0.15) is 46.2 Å². The summed E-state index contributed by atoms with van der Waals surface area (Å²) in [5, 5.41) is 3.43. The monoisotopic (exact) mass is 261 g/mol. The highest BCUT2D eigenvalue weighted by molar-refractivity contribution is 5.41. The minimum atomic E-state index is 0.500. The number of hydrogen-bond acceptors (Lipinski definition) is 3. The molecule has 2 unspecified atom stereocenters. The Labute approximate surface area is 117 Å². The van der Waals surface area contributed by atoms with Gasteiger partial charge in [0, 0.05) is 25.2 Å². The molecule has 106 valence electrons. The molecule has 3 nitrogen and oxygen atoms in total. The average molecular weight is 261 g/mol. The van der Waals surface area contributed by atoms with Gasteiger partial charge in [-0.2, -0.15) is 0 Å². The van der Waals surface area contributed by atoms with Gasteiger partial charge in [-0.05, 0) is 37.8 Å². The van der Waals surface area contributed by atoms with Crippen molar-refractivity contribution in [1.29, 1.82) is 0 Å². The number of anilines is 1. The van der Waals surface area contributed by atoms with Gasteiger partial charge in [0.05, 0.1) is 5.69 Å². The number of aromatic nitrogens is 1. The summed E-state index contributed by atoms with van der Waals surface area (Å²) >= 11 is 0. The molecule has 1 aliphatic rings. The third-order valence-electron chi connectivity index (χ3n) is 3.92. The molecule has 1 aliphatic heterocycles. The number of hydrogen-bond donors (Lipinski definition) is 1. The van der Waals surface area contributed by atoms with Crippen LogP contribution in [0.15, 0.2) is 18.2 Å². The maximum absolute atomic E-state index is 4.81. The van der Waals surface area contributed by atoms with Gasteiger partial charge in [-0.15, -0.1) is 0 Å². The molecule has 1 N–H and O–H groups in total. The second-order valence-corrected chi connectivity index (χ2v) is 6.19. The van der Waals surface area contributed by atoms with Crippen LogP contribution >= 0.6 is 0 Å². The summed E-state index contributed by atoms with van der Waals surface area (Å²) in [5.74, 6) is 1.99. The van der Waals surface area contributed by atoms with E-state index >= 15 is 0 Å². The molecule has 2 rings (SSSR count). The van der Waals surface area contributed by atoms with Gasteiger partial charge in [0.2, 0.25) is 0 Å². The van der Waals surface area contributed by atoms with Gasteiger partial charge in [0.1, 0.15) is 5.82 Å². The molecule has 0 radical (unpaired) electrons. The number of nitrogens with one attached hydrogen (secondary N) is 1. The Morgan fingerprint density at radius 1 is 1.37 bits per heavy atom. The minimum absolute atomic E-state index is 0.500. The van der Waals surface area contributed by atoms with Crippen LogP contribution in [0.3, 0.4) is 0 Å². The van der Waals surface area contributed by atoms with Crippen LogP contribution in [-0.4, -0.2) is 23.6 Å². The van der Waals surface area contributed by atoms with Crippen LogP contribution in [0.4, 0.5) is 5.82 Å². The third-order valence-corrected chi connectivity index (χ3v) is 3.92. The Balaban J connectivity index is 2.05. The lowest BCUT2D eigenvalue weighted by Crippen LogP contribution is -2.40. The Bertz CT molecular complexity index is 403. The standard InChI is InChI=1S/C16H27N3/c1-12(2)17-11-15-6-5-7-16(18-15)19-9-8-13(3)10-14(19)4/h5-7,12-14,17H,8-11H2,1-4H3. The first kappa shape index (κ1) is 14.3. The van der Waals surface area contributed by atoms with Crippen molar-refractivity contribution in [2.24, 2.45) is 5.92 Å². The Morgan fingerprint density at radius 3 is 2.84 bits per heavy atom. The minimum Gasteiger partial charge on any atom is -0.354 e. The molecule has 1 saturated heterocycles. The lowest BCUT2D eigenvalue weighted by atomic mass is 9.93.